The molecule has 6 nitrogen and oxygen atoms in total. The molecular weight excluding hydrogens is 388 g/mol. The number of aromatic nitrogens is 2. The molecule has 1 saturated heterocycles. The summed E-state index contributed by atoms with van der Waals surface area (Å²) in [6.07, 6.45) is 6.05. The van der Waals surface area contributed by atoms with Crippen LogP contribution >= 0.6 is 0 Å². The molecule has 0 unspecified atom stereocenters. The van der Waals surface area contributed by atoms with E-state index in [1.807, 2.05) is 60.5 Å². The normalized spacial score (nSPS) is 16.1. The van der Waals surface area contributed by atoms with Crippen molar-refractivity contribution in [3.05, 3.63) is 77.7 Å². The van der Waals surface area contributed by atoms with Crippen LogP contribution in [-0.4, -0.2) is 41.0 Å². The number of carbonyl (C=O) groups excluding carboxylic acids is 1. The van der Waals surface area contributed by atoms with Gasteiger partial charge in [-0.05, 0) is 61.2 Å². The Balaban J connectivity index is 1.38. The van der Waals surface area contributed by atoms with Crippen LogP contribution in [0.15, 0.2) is 60.9 Å². The van der Waals surface area contributed by atoms with Crippen LogP contribution < -0.4 is 10.1 Å². The third kappa shape index (κ3) is 5.20. The predicted octanol–water partition coefficient (Wildman–Crippen LogP) is 4.49. The number of methoxy groups -OCH3 is 1. The summed E-state index contributed by atoms with van der Waals surface area (Å²) in [5.74, 6) is 2.03. The zero-order valence-corrected chi connectivity index (χ0v) is 18.0. The lowest BCUT2D eigenvalue weighted by Crippen LogP contribution is -2.40. The maximum Gasteiger partial charge on any atom is 0.227 e. The van der Waals surface area contributed by atoms with Crippen LogP contribution in [-0.2, 0) is 11.2 Å². The molecule has 3 aromatic rings. The zero-order chi connectivity index (χ0) is 21.6. The van der Waals surface area contributed by atoms with Crippen molar-refractivity contribution in [1.29, 1.82) is 0 Å². The Bertz CT molecular complexity index is 1040. The molecule has 160 valence electrons. The predicted molar refractivity (Wildman–Crippen MR) is 122 cm³/mol. The first-order valence-electron chi connectivity index (χ1n) is 10.7. The van der Waals surface area contributed by atoms with Gasteiger partial charge >= 0.3 is 0 Å². The highest BCUT2D eigenvalue weighted by atomic mass is 16.5. The maximum absolute atomic E-state index is 12.9. The molecule has 0 aliphatic carbocycles. The molecular formula is C25H28N4O2. The van der Waals surface area contributed by atoms with Crippen molar-refractivity contribution in [1.82, 2.24) is 14.9 Å². The van der Waals surface area contributed by atoms with Crippen molar-refractivity contribution in [3.8, 4) is 5.75 Å². The summed E-state index contributed by atoms with van der Waals surface area (Å²) < 4.78 is 5.27. The number of hydrogen-bond acceptors (Lipinski definition) is 5. The molecule has 1 N–H and O–H groups in total. The van der Waals surface area contributed by atoms with Gasteiger partial charge in [0.05, 0.1) is 25.4 Å². The molecule has 1 atom stereocenters. The van der Waals surface area contributed by atoms with Crippen LogP contribution in [0.3, 0.4) is 0 Å². The fraction of sp³-hybridized carbons (Fsp3) is 0.320. The van der Waals surface area contributed by atoms with E-state index in [-0.39, 0.29) is 11.8 Å². The van der Waals surface area contributed by atoms with Gasteiger partial charge in [0.15, 0.2) is 0 Å². The van der Waals surface area contributed by atoms with Gasteiger partial charge < -0.3 is 15.0 Å². The van der Waals surface area contributed by atoms with Crippen molar-refractivity contribution >= 4 is 17.4 Å². The molecule has 0 radical (unpaired) electrons. The third-order valence-electron chi connectivity index (χ3n) is 5.74. The molecule has 1 aliphatic rings. The SMILES string of the molecule is COc1cccc(CC(=O)N2CCC[C@H](c3ccc(Nc4ncccc4C)cn3)C2)c1. The Kier molecular flexibility index (Phi) is 6.46. The lowest BCUT2D eigenvalue weighted by molar-refractivity contribution is -0.131. The molecule has 1 aliphatic heterocycles. The number of aryl methyl sites for hydroxylation is 1. The van der Waals surface area contributed by atoms with Crippen LogP contribution in [0.4, 0.5) is 11.5 Å². The maximum atomic E-state index is 12.9. The second-order valence-electron chi connectivity index (χ2n) is 7.97. The summed E-state index contributed by atoms with van der Waals surface area (Å²) in [7, 11) is 1.64. The van der Waals surface area contributed by atoms with E-state index in [9.17, 15) is 4.79 Å². The van der Waals surface area contributed by atoms with E-state index in [1.54, 1.807) is 13.3 Å². The molecule has 1 fully saturated rings. The van der Waals surface area contributed by atoms with Gasteiger partial charge in [-0.1, -0.05) is 18.2 Å². The fourth-order valence-electron chi connectivity index (χ4n) is 3.99. The number of pyridine rings is 2. The summed E-state index contributed by atoms with van der Waals surface area (Å²) in [4.78, 5) is 23.9. The average Bonchev–Trinajstić information content (AvgIpc) is 2.81. The topological polar surface area (TPSA) is 67.3 Å². The Morgan fingerprint density at radius 2 is 2.10 bits per heavy atom. The number of ether oxygens (including phenoxy) is 1. The number of piperidine rings is 1. The highest BCUT2D eigenvalue weighted by Crippen LogP contribution is 2.27. The molecule has 1 amide bonds. The smallest absolute Gasteiger partial charge is 0.227 e. The highest BCUT2D eigenvalue weighted by Gasteiger charge is 2.25. The quantitative estimate of drug-likeness (QED) is 0.641. The highest BCUT2D eigenvalue weighted by molar-refractivity contribution is 5.79. The van der Waals surface area contributed by atoms with Crippen LogP contribution in [0.1, 0.15) is 35.6 Å². The number of rotatable bonds is 6. The summed E-state index contributed by atoms with van der Waals surface area (Å²) in [5.41, 5.74) is 4.00. The zero-order valence-electron chi connectivity index (χ0n) is 18.0. The van der Waals surface area contributed by atoms with E-state index in [0.29, 0.717) is 13.0 Å². The Labute approximate surface area is 183 Å². The molecule has 4 rings (SSSR count). The summed E-state index contributed by atoms with van der Waals surface area (Å²) in [6.45, 7) is 3.54. The van der Waals surface area contributed by atoms with E-state index in [1.165, 1.54) is 0 Å². The van der Waals surface area contributed by atoms with Crippen molar-refractivity contribution in [2.75, 3.05) is 25.5 Å². The van der Waals surface area contributed by atoms with Crippen LogP contribution in [0, 0.1) is 6.92 Å². The number of hydrogen-bond donors (Lipinski definition) is 1. The number of likely N-dealkylation sites (tertiary alicyclic amines) is 1. The lowest BCUT2D eigenvalue weighted by atomic mass is 9.93. The van der Waals surface area contributed by atoms with Gasteiger partial charge in [-0.3, -0.25) is 9.78 Å². The first-order valence-corrected chi connectivity index (χ1v) is 10.7. The summed E-state index contributed by atoms with van der Waals surface area (Å²) in [5, 5.41) is 3.32. The molecule has 1 aromatic carbocycles. The number of amides is 1. The van der Waals surface area contributed by atoms with Crippen molar-refractivity contribution in [2.45, 2.75) is 32.1 Å². The van der Waals surface area contributed by atoms with Gasteiger partial charge in [0.25, 0.3) is 0 Å². The third-order valence-corrected chi connectivity index (χ3v) is 5.74. The minimum atomic E-state index is 0.155. The van der Waals surface area contributed by atoms with Gasteiger partial charge in [-0.2, -0.15) is 0 Å². The molecule has 3 heterocycles. The van der Waals surface area contributed by atoms with Gasteiger partial charge in [-0.25, -0.2) is 4.98 Å². The van der Waals surface area contributed by atoms with Crippen LogP contribution in [0.25, 0.3) is 0 Å². The van der Waals surface area contributed by atoms with E-state index in [2.05, 4.69) is 21.4 Å². The number of nitrogens with zero attached hydrogens (tertiary/aromatic N) is 3. The van der Waals surface area contributed by atoms with Gasteiger partial charge in [0.2, 0.25) is 5.91 Å². The van der Waals surface area contributed by atoms with E-state index in [0.717, 1.165) is 53.5 Å². The lowest BCUT2D eigenvalue weighted by Gasteiger charge is -2.32. The average molecular weight is 417 g/mol. The summed E-state index contributed by atoms with van der Waals surface area (Å²) in [6, 6.07) is 15.8. The fourth-order valence-corrected chi connectivity index (χ4v) is 3.99. The molecule has 0 saturated carbocycles. The van der Waals surface area contributed by atoms with Crippen LogP contribution in [0.2, 0.25) is 0 Å². The monoisotopic (exact) mass is 416 g/mol. The molecule has 6 heteroatoms. The second kappa shape index (κ2) is 9.60. The summed E-state index contributed by atoms with van der Waals surface area (Å²) >= 11 is 0. The molecule has 0 spiro atoms. The minimum Gasteiger partial charge on any atom is -0.497 e. The largest absolute Gasteiger partial charge is 0.497 e. The van der Waals surface area contributed by atoms with Crippen LogP contribution in [0.5, 0.6) is 5.75 Å². The van der Waals surface area contributed by atoms with Crippen molar-refractivity contribution in [3.63, 3.8) is 0 Å². The van der Waals surface area contributed by atoms with Gasteiger partial charge in [0.1, 0.15) is 11.6 Å². The number of anilines is 2. The first-order chi connectivity index (χ1) is 15.1. The van der Waals surface area contributed by atoms with Gasteiger partial charge in [-0.15, -0.1) is 0 Å². The Morgan fingerprint density at radius 3 is 2.87 bits per heavy atom. The van der Waals surface area contributed by atoms with Gasteiger partial charge in [0, 0.05) is 30.9 Å². The minimum absolute atomic E-state index is 0.155. The first kappa shape index (κ1) is 20.8. The van der Waals surface area contributed by atoms with E-state index < -0.39 is 0 Å². The van der Waals surface area contributed by atoms with E-state index >= 15 is 0 Å². The molecule has 0 bridgehead atoms. The number of nitrogens with one attached hydrogen (secondary N) is 1. The van der Waals surface area contributed by atoms with Crippen molar-refractivity contribution in [2.24, 2.45) is 0 Å². The van der Waals surface area contributed by atoms with Crippen molar-refractivity contribution < 1.29 is 9.53 Å². The number of carbonyl (C=O) groups is 1. The number of benzene rings is 1. The second-order valence-corrected chi connectivity index (χ2v) is 7.97. The Morgan fingerprint density at radius 1 is 1.19 bits per heavy atom. The molecule has 31 heavy (non-hydrogen) atoms. The molecule has 2 aromatic heterocycles. The standard InChI is InChI=1S/C25H28N4O2/c1-18-6-4-12-26-25(18)28-21-10-11-23(27-16-21)20-8-5-13-29(17-20)24(30)15-19-7-3-9-22(14-19)31-2/h3-4,6-7,9-12,14,16,20H,5,8,13,15,17H2,1-2H3,(H,26,28)/t20-/m0/s1. The Hall–Kier alpha value is -3.41. The van der Waals surface area contributed by atoms with E-state index in [4.69, 9.17) is 4.74 Å².